The maximum Gasteiger partial charge on any atom is 0.0443 e. The maximum absolute atomic E-state index is 3.74. The molecule has 1 aliphatic rings. The molecule has 0 aliphatic heterocycles. The molecule has 108 valence electrons. The summed E-state index contributed by atoms with van der Waals surface area (Å²) in [6, 6.07) is 5.21. The first-order chi connectivity index (χ1) is 9.24. The van der Waals surface area contributed by atoms with Crippen molar-refractivity contribution in [3.05, 3.63) is 21.9 Å². The van der Waals surface area contributed by atoms with Crippen LogP contribution in [0.2, 0.25) is 0 Å². The summed E-state index contributed by atoms with van der Waals surface area (Å²) in [4.78, 5) is 3.00. The highest BCUT2D eigenvalue weighted by Gasteiger charge is 2.28. The Morgan fingerprint density at radius 2 is 1.95 bits per heavy atom. The summed E-state index contributed by atoms with van der Waals surface area (Å²) >= 11 is 1.98. The van der Waals surface area contributed by atoms with Crippen LogP contribution in [0, 0.1) is 18.8 Å². The second-order valence-electron chi connectivity index (χ2n) is 6.05. The first-order valence-electron chi connectivity index (χ1n) is 8.04. The third kappa shape index (κ3) is 4.06. The maximum atomic E-state index is 3.74. The highest BCUT2D eigenvalue weighted by molar-refractivity contribution is 7.12. The predicted molar refractivity (Wildman–Crippen MR) is 85.8 cm³/mol. The summed E-state index contributed by atoms with van der Waals surface area (Å²) < 4.78 is 0. The number of thiophene rings is 1. The molecule has 1 atom stereocenters. The highest BCUT2D eigenvalue weighted by atomic mass is 32.1. The van der Waals surface area contributed by atoms with Crippen LogP contribution in [0.15, 0.2) is 12.1 Å². The largest absolute Gasteiger partial charge is 0.309 e. The summed E-state index contributed by atoms with van der Waals surface area (Å²) in [5.41, 5.74) is 0. The Morgan fingerprint density at radius 1 is 1.21 bits per heavy atom. The van der Waals surface area contributed by atoms with Gasteiger partial charge in [0.05, 0.1) is 0 Å². The zero-order valence-electron chi connectivity index (χ0n) is 12.7. The minimum absolute atomic E-state index is 0.603. The van der Waals surface area contributed by atoms with Gasteiger partial charge in [0.25, 0.3) is 0 Å². The van der Waals surface area contributed by atoms with E-state index in [1.165, 1.54) is 43.4 Å². The average Bonchev–Trinajstić information content (AvgIpc) is 2.84. The van der Waals surface area contributed by atoms with Crippen LogP contribution in [-0.4, -0.2) is 6.54 Å². The van der Waals surface area contributed by atoms with Crippen molar-refractivity contribution in [3.8, 4) is 0 Å². The molecule has 0 amide bonds. The van der Waals surface area contributed by atoms with Gasteiger partial charge in [-0.25, -0.2) is 0 Å². The van der Waals surface area contributed by atoms with Crippen LogP contribution in [0.1, 0.15) is 68.2 Å². The van der Waals surface area contributed by atoms with E-state index < -0.39 is 0 Å². The van der Waals surface area contributed by atoms with E-state index in [0.29, 0.717) is 6.04 Å². The number of rotatable bonds is 6. The van der Waals surface area contributed by atoms with E-state index in [1.54, 1.807) is 4.88 Å². The summed E-state index contributed by atoms with van der Waals surface area (Å²) in [7, 11) is 0. The number of hydrogen-bond donors (Lipinski definition) is 1. The summed E-state index contributed by atoms with van der Waals surface area (Å²) in [5, 5.41) is 3.74. The van der Waals surface area contributed by atoms with Gasteiger partial charge in [0, 0.05) is 15.8 Å². The lowest BCUT2D eigenvalue weighted by Gasteiger charge is -2.34. The Labute approximate surface area is 122 Å². The van der Waals surface area contributed by atoms with Crippen LogP contribution in [0.5, 0.6) is 0 Å². The van der Waals surface area contributed by atoms with E-state index in [0.717, 1.165) is 18.4 Å². The van der Waals surface area contributed by atoms with E-state index >= 15 is 0 Å². The summed E-state index contributed by atoms with van der Waals surface area (Å²) in [6.07, 6.45) is 8.53. The lowest BCUT2D eigenvalue weighted by atomic mass is 9.76. The van der Waals surface area contributed by atoms with E-state index in [4.69, 9.17) is 0 Å². The molecule has 0 aromatic carbocycles. The van der Waals surface area contributed by atoms with Crippen molar-refractivity contribution in [1.29, 1.82) is 0 Å². The molecule has 0 saturated heterocycles. The molecule has 2 rings (SSSR count). The minimum Gasteiger partial charge on any atom is -0.309 e. The molecule has 1 N–H and O–H groups in total. The lowest BCUT2D eigenvalue weighted by Crippen LogP contribution is -2.30. The molecule has 1 aliphatic carbocycles. The van der Waals surface area contributed by atoms with Gasteiger partial charge < -0.3 is 5.32 Å². The molecule has 0 bridgehead atoms. The molecule has 1 saturated carbocycles. The normalized spacial score (nSPS) is 25.4. The molecule has 1 unspecified atom stereocenters. The van der Waals surface area contributed by atoms with Crippen LogP contribution in [-0.2, 0) is 0 Å². The Kier molecular flexibility index (Phi) is 5.90. The smallest absolute Gasteiger partial charge is 0.0443 e. The van der Waals surface area contributed by atoms with Crippen molar-refractivity contribution in [2.75, 3.05) is 6.54 Å². The Balaban J connectivity index is 1.97. The second kappa shape index (κ2) is 7.44. The summed E-state index contributed by atoms with van der Waals surface area (Å²) in [5.74, 6) is 1.86. The van der Waals surface area contributed by atoms with Crippen molar-refractivity contribution >= 4 is 11.3 Å². The van der Waals surface area contributed by atoms with Crippen molar-refractivity contribution in [2.24, 2.45) is 11.8 Å². The second-order valence-corrected chi connectivity index (χ2v) is 7.37. The Bertz CT molecular complexity index is 363. The van der Waals surface area contributed by atoms with Gasteiger partial charge in [-0.05, 0) is 50.3 Å². The quantitative estimate of drug-likeness (QED) is 0.743. The van der Waals surface area contributed by atoms with Gasteiger partial charge in [0.15, 0.2) is 0 Å². The standard InChI is InChI=1S/C17H29NS/c1-4-6-14-8-10-15(11-9-14)17(18-5-2)16-12-7-13(3)19-16/h7,12,14-15,17-18H,4-6,8-11H2,1-3H3. The van der Waals surface area contributed by atoms with Crippen molar-refractivity contribution < 1.29 is 0 Å². The number of nitrogens with one attached hydrogen (secondary N) is 1. The molecule has 19 heavy (non-hydrogen) atoms. The molecule has 1 fully saturated rings. The van der Waals surface area contributed by atoms with Gasteiger partial charge in [-0.3, -0.25) is 0 Å². The van der Waals surface area contributed by atoms with Gasteiger partial charge in [-0.2, -0.15) is 0 Å². The minimum atomic E-state index is 0.603. The molecule has 1 aromatic rings. The van der Waals surface area contributed by atoms with Crippen LogP contribution in [0.4, 0.5) is 0 Å². The van der Waals surface area contributed by atoms with Crippen LogP contribution in [0.25, 0.3) is 0 Å². The number of aryl methyl sites for hydroxylation is 1. The molecular weight excluding hydrogens is 250 g/mol. The Morgan fingerprint density at radius 3 is 2.47 bits per heavy atom. The topological polar surface area (TPSA) is 12.0 Å². The summed E-state index contributed by atoms with van der Waals surface area (Å²) in [6.45, 7) is 7.85. The van der Waals surface area contributed by atoms with Crippen molar-refractivity contribution in [3.63, 3.8) is 0 Å². The van der Waals surface area contributed by atoms with E-state index in [2.05, 4.69) is 38.2 Å². The zero-order chi connectivity index (χ0) is 13.7. The molecule has 1 aromatic heterocycles. The van der Waals surface area contributed by atoms with Gasteiger partial charge in [-0.15, -0.1) is 11.3 Å². The zero-order valence-corrected chi connectivity index (χ0v) is 13.6. The molecule has 1 nitrogen and oxygen atoms in total. The fourth-order valence-electron chi connectivity index (χ4n) is 3.56. The first-order valence-corrected chi connectivity index (χ1v) is 8.86. The van der Waals surface area contributed by atoms with Gasteiger partial charge in [0.1, 0.15) is 0 Å². The van der Waals surface area contributed by atoms with E-state index in [-0.39, 0.29) is 0 Å². The first kappa shape index (κ1) is 15.1. The van der Waals surface area contributed by atoms with E-state index in [9.17, 15) is 0 Å². The molecule has 0 radical (unpaired) electrons. The van der Waals surface area contributed by atoms with Crippen LogP contribution >= 0.6 is 11.3 Å². The van der Waals surface area contributed by atoms with Crippen molar-refractivity contribution in [1.82, 2.24) is 5.32 Å². The van der Waals surface area contributed by atoms with Crippen LogP contribution in [0.3, 0.4) is 0 Å². The lowest BCUT2D eigenvalue weighted by molar-refractivity contribution is 0.217. The predicted octanol–water partition coefficient (Wildman–Crippen LogP) is 5.31. The SMILES string of the molecule is CCCC1CCC(C(NCC)c2ccc(C)s2)CC1. The van der Waals surface area contributed by atoms with Gasteiger partial charge >= 0.3 is 0 Å². The fourth-order valence-corrected chi connectivity index (χ4v) is 4.61. The molecule has 1 heterocycles. The van der Waals surface area contributed by atoms with E-state index in [1.807, 2.05) is 11.3 Å². The van der Waals surface area contributed by atoms with Gasteiger partial charge in [0.2, 0.25) is 0 Å². The highest BCUT2D eigenvalue weighted by Crippen LogP contribution is 2.40. The third-order valence-electron chi connectivity index (χ3n) is 4.55. The Hall–Kier alpha value is -0.340. The number of hydrogen-bond acceptors (Lipinski definition) is 2. The van der Waals surface area contributed by atoms with Crippen molar-refractivity contribution in [2.45, 2.75) is 65.3 Å². The molecular formula is C17H29NS. The molecule has 0 spiro atoms. The van der Waals surface area contributed by atoms with Crippen LogP contribution < -0.4 is 5.32 Å². The third-order valence-corrected chi connectivity index (χ3v) is 5.64. The molecule has 2 heteroatoms. The monoisotopic (exact) mass is 279 g/mol. The average molecular weight is 279 g/mol. The van der Waals surface area contributed by atoms with Gasteiger partial charge in [-0.1, -0.05) is 39.5 Å². The fraction of sp³-hybridized carbons (Fsp3) is 0.765.